The fourth-order valence-electron chi connectivity index (χ4n) is 4.09. The summed E-state index contributed by atoms with van der Waals surface area (Å²) >= 11 is 0. The van der Waals surface area contributed by atoms with E-state index in [0.29, 0.717) is 0 Å². The van der Waals surface area contributed by atoms with E-state index in [1.807, 2.05) is 12.1 Å². The van der Waals surface area contributed by atoms with E-state index in [9.17, 15) is 4.79 Å². The first-order valence-electron chi connectivity index (χ1n) is 12.2. The van der Waals surface area contributed by atoms with Crippen molar-refractivity contribution in [3.05, 3.63) is 29.3 Å². The molecule has 0 unspecified atom stereocenters. The van der Waals surface area contributed by atoms with Gasteiger partial charge in [-0.1, -0.05) is 102 Å². The Labute approximate surface area is 179 Å². The van der Waals surface area contributed by atoms with Crippen molar-refractivity contribution in [3.8, 4) is 0 Å². The van der Waals surface area contributed by atoms with Crippen LogP contribution in [-0.4, -0.2) is 12.6 Å². The Morgan fingerprint density at radius 1 is 0.724 bits per heavy atom. The third-order valence-electron chi connectivity index (χ3n) is 5.93. The van der Waals surface area contributed by atoms with E-state index in [1.165, 1.54) is 114 Å². The number of hydrogen-bond acceptors (Lipinski definition) is 3. The van der Waals surface area contributed by atoms with E-state index in [1.54, 1.807) is 6.08 Å². The summed E-state index contributed by atoms with van der Waals surface area (Å²) in [5.41, 5.74) is 8.76. The number of rotatable bonds is 19. The van der Waals surface area contributed by atoms with Crippen LogP contribution >= 0.6 is 0 Å². The largest absolute Gasteiger partial charge is 0.330 e. The standard InChI is InChI=1S/C26H44N2O/c1-24-19-18-21-26(28-23-29)25(24)20-16-14-12-10-8-6-4-2-3-5-7-9-11-13-15-17-22-27/h18-19,21H,2-17,20,22,27H2,1H3. The Morgan fingerprint density at radius 2 is 1.17 bits per heavy atom. The van der Waals surface area contributed by atoms with Crippen LogP contribution in [0.1, 0.15) is 114 Å². The molecule has 3 heteroatoms. The first-order chi connectivity index (χ1) is 14.3. The van der Waals surface area contributed by atoms with Gasteiger partial charge in [0.05, 0.1) is 5.69 Å². The van der Waals surface area contributed by atoms with Gasteiger partial charge in [0.15, 0.2) is 0 Å². The highest BCUT2D eigenvalue weighted by molar-refractivity contribution is 5.56. The van der Waals surface area contributed by atoms with E-state index in [-0.39, 0.29) is 0 Å². The van der Waals surface area contributed by atoms with Crippen LogP contribution in [0.3, 0.4) is 0 Å². The summed E-state index contributed by atoms with van der Waals surface area (Å²) in [5.74, 6) is 0. The van der Waals surface area contributed by atoms with Crippen LogP contribution in [-0.2, 0) is 11.2 Å². The molecule has 1 aromatic carbocycles. The molecule has 0 spiro atoms. The number of nitrogens with zero attached hydrogens (tertiary/aromatic N) is 1. The van der Waals surface area contributed by atoms with Crippen molar-refractivity contribution in [2.75, 3.05) is 6.54 Å². The Hall–Kier alpha value is -1.44. The zero-order chi connectivity index (χ0) is 21.0. The lowest BCUT2D eigenvalue weighted by Gasteiger charge is -2.08. The summed E-state index contributed by atoms with van der Waals surface area (Å²) in [6.07, 6.45) is 24.4. The summed E-state index contributed by atoms with van der Waals surface area (Å²) < 4.78 is 0. The van der Waals surface area contributed by atoms with Gasteiger partial charge in [-0.05, 0) is 49.9 Å². The summed E-state index contributed by atoms with van der Waals surface area (Å²) in [7, 11) is 0. The normalized spacial score (nSPS) is 10.8. The first-order valence-corrected chi connectivity index (χ1v) is 12.2. The highest BCUT2D eigenvalue weighted by Gasteiger charge is 2.04. The van der Waals surface area contributed by atoms with Gasteiger partial charge < -0.3 is 5.73 Å². The van der Waals surface area contributed by atoms with Crippen molar-refractivity contribution in [1.29, 1.82) is 0 Å². The monoisotopic (exact) mass is 400 g/mol. The van der Waals surface area contributed by atoms with Crippen molar-refractivity contribution in [2.24, 2.45) is 10.7 Å². The van der Waals surface area contributed by atoms with Crippen LogP contribution in [0.4, 0.5) is 5.69 Å². The van der Waals surface area contributed by atoms with Gasteiger partial charge in [0.25, 0.3) is 0 Å². The van der Waals surface area contributed by atoms with E-state index in [0.717, 1.165) is 18.7 Å². The summed E-state index contributed by atoms with van der Waals surface area (Å²) in [5, 5.41) is 0. The van der Waals surface area contributed by atoms with Gasteiger partial charge >= 0.3 is 0 Å². The molecule has 0 aliphatic rings. The maximum atomic E-state index is 10.6. The van der Waals surface area contributed by atoms with Crippen molar-refractivity contribution >= 4 is 11.8 Å². The molecule has 0 atom stereocenters. The molecular formula is C26H44N2O. The minimum absolute atomic E-state index is 0.798. The predicted octanol–water partition coefficient (Wildman–Crippen LogP) is 7.71. The molecule has 0 saturated heterocycles. The van der Waals surface area contributed by atoms with Crippen LogP contribution in [0.2, 0.25) is 0 Å². The minimum atomic E-state index is 0.798. The average Bonchev–Trinajstić information content (AvgIpc) is 2.72. The van der Waals surface area contributed by atoms with Gasteiger partial charge in [-0.2, -0.15) is 4.99 Å². The fraction of sp³-hybridized carbons (Fsp3) is 0.731. The second-order valence-corrected chi connectivity index (χ2v) is 8.47. The first kappa shape index (κ1) is 25.6. The van der Waals surface area contributed by atoms with Crippen molar-refractivity contribution in [2.45, 2.75) is 116 Å². The summed E-state index contributed by atoms with van der Waals surface area (Å²) in [6.45, 7) is 2.95. The number of aryl methyl sites for hydroxylation is 1. The minimum Gasteiger partial charge on any atom is -0.330 e. The Morgan fingerprint density at radius 3 is 1.62 bits per heavy atom. The molecule has 0 bridgehead atoms. The lowest BCUT2D eigenvalue weighted by atomic mass is 9.99. The molecule has 0 heterocycles. The second kappa shape index (κ2) is 18.6. The van der Waals surface area contributed by atoms with E-state index < -0.39 is 0 Å². The lowest BCUT2D eigenvalue weighted by molar-refractivity contribution is 0.528. The van der Waals surface area contributed by atoms with Gasteiger partial charge in [-0.3, -0.25) is 0 Å². The fourth-order valence-corrected chi connectivity index (χ4v) is 4.09. The molecule has 0 fully saturated rings. The quantitative estimate of drug-likeness (QED) is 0.147. The number of nitrogens with two attached hydrogens (primary N) is 1. The number of unbranched alkanes of at least 4 members (excludes halogenated alkanes) is 15. The zero-order valence-corrected chi connectivity index (χ0v) is 18.9. The van der Waals surface area contributed by atoms with Gasteiger partial charge in [-0.15, -0.1) is 0 Å². The highest BCUT2D eigenvalue weighted by Crippen LogP contribution is 2.24. The van der Waals surface area contributed by atoms with Gasteiger partial charge in [0, 0.05) is 0 Å². The summed E-state index contributed by atoms with van der Waals surface area (Å²) in [6, 6.07) is 5.97. The number of isocyanates is 1. The number of carbonyl (C=O) groups excluding carboxylic acids is 1. The second-order valence-electron chi connectivity index (χ2n) is 8.47. The molecule has 0 amide bonds. The SMILES string of the molecule is Cc1cccc(N=C=O)c1CCCCCCCCCCCCCCCCCCN. The van der Waals surface area contributed by atoms with Gasteiger partial charge in [0.1, 0.15) is 0 Å². The van der Waals surface area contributed by atoms with Crippen LogP contribution in [0.25, 0.3) is 0 Å². The molecule has 0 aliphatic carbocycles. The molecule has 29 heavy (non-hydrogen) atoms. The van der Waals surface area contributed by atoms with E-state index >= 15 is 0 Å². The van der Waals surface area contributed by atoms with Crippen LogP contribution < -0.4 is 5.73 Å². The van der Waals surface area contributed by atoms with Gasteiger partial charge in [-0.25, -0.2) is 4.79 Å². The molecule has 1 aromatic rings. The molecule has 0 aliphatic heterocycles. The van der Waals surface area contributed by atoms with Crippen molar-refractivity contribution in [3.63, 3.8) is 0 Å². The van der Waals surface area contributed by atoms with Crippen LogP contribution in [0.15, 0.2) is 23.2 Å². The Kier molecular flexibility index (Phi) is 16.4. The van der Waals surface area contributed by atoms with Crippen molar-refractivity contribution in [1.82, 2.24) is 0 Å². The average molecular weight is 401 g/mol. The molecule has 2 N–H and O–H groups in total. The Bertz CT molecular complexity index is 564. The predicted molar refractivity (Wildman–Crippen MR) is 126 cm³/mol. The number of hydrogen-bond donors (Lipinski definition) is 1. The molecule has 1 rings (SSSR count). The van der Waals surface area contributed by atoms with Crippen molar-refractivity contribution < 1.29 is 4.79 Å². The highest BCUT2D eigenvalue weighted by atomic mass is 16.1. The van der Waals surface area contributed by atoms with E-state index in [2.05, 4.69) is 18.0 Å². The number of aliphatic imine (C=N–C) groups is 1. The molecule has 0 saturated carbocycles. The molecule has 3 nitrogen and oxygen atoms in total. The Balaban J connectivity index is 1.89. The topological polar surface area (TPSA) is 55.5 Å². The van der Waals surface area contributed by atoms with Crippen LogP contribution in [0.5, 0.6) is 0 Å². The maximum absolute atomic E-state index is 10.6. The van der Waals surface area contributed by atoms with E-state index in [4.69, 9.17) is 5.73 Å². The molecular weight excluding hydrogens is 356 g/mol. The summed E-state index contributed by atoms with van der Waals surface area (Å²) in [4.78, 5) is 14.4. The lowest BCUT2D eigenvalue weighted by Crippen LogP contribution is -1.97. The number of benzene rings is 1. The smallest absolute Gasteiger partial charge is 0.240 e. The molecule has 0 aromatic heterocycles. The molecule has 164 valence electrons. The van der Waals surface area contributed by atoms with Crippen LogP contribution in [0, 0.1) is 6.92 Å². The third-order valence-corrected chi connectivity index (χ3v) is 5.93. The maximum Gasteiger partial charge on any atom is 0.240 e. The molecule has 0 radical (unpaired) electrons. The zero-order valence-electron chi connectivity index (χ0n) is 18.9. The third kappa shape index (κ3) is 13.4. The van der Waals surface area contributed by atoms with Gasteiger partial charge in [0.2, 0.25) is 6.08 Å².